The van der Waals surface area contributed by atoms with Crippen molar-refractivity contribution in [2.75, 3.05) is 19.6 Å². The number of nitrogens with zero attached hydrogens (tertiary/aromatic N) is 1. The van der Waals surface area contributed by atoms with E-state index in [1.807, 2.05) is 11.8 Å². The third kappa shape index (κ3) is 4.24. The van der Waals surface area contributed by atoms with Gasteiger partial charge in [0, 0.05) is 12.6 Å². The number of carbonyl (C=O) groups is 1. The molecule has 1 aromatic rings. The molecule has 1 saturated heterocycles. The summed E-state index contributed by atoms with van der Waals surface area (Å²) in [7, 11) is 0. The average Bonchev–Trinajstić information content (AvgIpc) is 2.49. The van der Waals surface area contributed by atoms with Crippen LogP contribution in [0, 0.1) is 11.6 Å². The third-order valence-electron chi connectivity index (χ3n) is 3.87. The highest BCUT2D eigenvalue weighted by atomic mass is 19.2. The summed E-state index contributed by atoms with van der Waals surface area (Å²) < 4.78 is 26.2. The molecule has 3 nitrogen and oxygen atoms in total. The molecule has 0 saturated carbocycles. The molecular weight excluding hydrogens is 274 g/mol. The second-order valence-corrected chi connectivity index (χ2v) is 5.49. The maximum absolute atomic E-state index is 13.2. The van der Waals surface area contributed by atoms with Gasteiger partial charge in [0.05, 0.1) is 6.42 Å². The highest BCUT2D eigenvalue weighted by molar-refractivity contribution is 5.79. The van der Waals surface area contributed by atoms with Crippen molar-refractivity contribution < 1.29 is 13.6 Å². The zero-order valence-corrected chi connectivity index (χ0v) is 12.4. The first-order chi connectivity index (χ1) is 10.1. The van der Waals surface area contributed by atoms with E-state index in [2.05, 4.69) is 5.32 Å². The van der Waals surface area contributed by atoms with E-state index in [1.165, 1.54) is 6.07 Å². The number of halogens is 2. The van der Waals surface area contributed by atoms with Crippen LogP contribution in [-0.2, 0) is 11.2 Å². The Kier molecular flexibility index (Phi) is 5.67. The number of nitrogens with one attached hydrogen (secondary N) is 1. The van der Waals surface area contributed by atoms with Crippen molar-refractivity contribution in [3.8, 4) is 0 Å². The first kappa shape index (κ1) is 15.9. The number of piperidine rings is 1. The van der Waals surface area contributed by atoms with Crippen LogP contribution < -0.4 is 5.32 Å². The number of benzene rings is 1. The van der Waals surface area contributed by atoms with Crippen LogP contribution in [-0.4, -0.2) is 36.5 Å². The molecule has 0 spiro atoms. The molecule has 2 rings (SSSR count). The van der Waals surface area contributed by atoms with Crippen molar-refractivity contribution in [2.24, 2.45) is 0 Å². The molecule has 1 aliphatic heterocycles. The van der Waals surface area contributed by atoms with Crippen molar-refractivity contribution in [3.63, 3.8) is 0 Å². The molecule has 21 heavy (non-hydrogen) atoms. The fourth-order valence-corrected chi connectivity index (χ4v) is 2.80. The lowest BCUT2D eigenvalue weighted by molar-refractivity contribution is -0.133. The SMILES string of the molecule is CCCN(C(=O)Cc1ccc(F)c(F)c1)C1CCNCC1. The lowest BCUT2D eigenvalue weighted by atomic mass is 10.0. The first-order valence-electron chi connectivity index (χ1n) is 7.56. The van der Waals surface area contributed by atoms with Crippen molar-refractivity contribution in [1.29, 1.82) is 0 Å². The van der Waals surface area contributed by atoms with E-state index in [-0.39, 0.29) is 18.4 Å². The first-order valence-corrected chi connectivity index (χ1v) is 7.56. The van der Waals surface area contributed by atoms with Crippen LogP contribution in [0.2, 0.25) is 0 Å². The van der Waals surface area contributed by atoms with Crippen molar-refractivity contribution in [3.05, 3.63) is 35.4 Å². The second-order valence-electron chi connectivity index (χ2n) is 5.49. The summed E-state index contributed by atoms with van der Waals surface area (Å²) in [6.07, 6.45) is 2.92. The molecule has 0 radical (unpaired) electrons. The normalized spacial score (nSPS) is 16.0. The highest BCUT2D eigenvalue weighted by Gasteiger charge is 2.24. The van der Waals surface area contributed by atoms with Gasteiger partial charge in [0.1, 0.15) is 0 Å². The van der Waals surface area contributed by atoms with Gasteiger partial charge in [0.15, 0.2) is 11.6 Å². The van der Waals surface area contributed by atoms with Crippen LogP contribution in [0.3, 0.4) is 0 Å². The highest BCUT2D eigenvalue weighted by Crippen LogP contribution is 2.16. The largest absolute Gasteiger partial charge is 0.339 e. The average molecular weight is 296 g/mol. The summed E-state index contributed by atoms with van der Waals surface area (Å²) in [5, 5.41) is 3.28. The molecule has 0 bridgehead atoms. The summed E-state index contributed by atoms with van der Waals surface area (Å²) in [6, 6.07) is 3.92. The molecule has 0 aromatic heterocycles. The fraction of sp³-hybridized carbons (Fsp3) is 0.562. The Balaban J connectivity index is 2.05. The van der Waals surface area contributed by atoms with E-state index >= 15 is 0 Å². The van der Waals surface area contributed by atoms with Gasteiger partial charge in [-0.25, -0.2) is 8.78 Å². The number of amides is 1. The monoisotopic (exact) mass is 296 g/mol. The van der Waals surface area contributed by atoms with Gasteiger partial charge in [-0.05, 0) is 50.0 Å². The zero-order valence-electron chi connectivity index (χ0n) is 12.4. The molecule has 1 heterocycles. The van der Waals surface area contributed by atoms with Crippen LogP contribution >= 0.6 is 0 Å². The summed E-state index contributed by atoms with van der Waals surface area (Å²) >= 11 is 0. The molecule has 0 aliphatic carbocycles. The van der Waals surface area contributed by atoms with Gasteiger partial charge in [0.25, 0.3) is 0 Å². The quantitative estimate of drug-likeness (QED) is 0.905. The van der Waals surface area contributed by atoms with Gasteiger partial charge in [-0.15, -0.1) is 0 Å². The van der Waals surface area contributed by atoms with Crippen molar-refractivity contribution >= 4 is 5.91 Å². The summed E-state index contributed by atoms with van der Waals surface area (Å²) in [5.74, 6) is -1.78. The van der Waals surface area contributed by atoms with E-state index in [9.17, 15) is 13.6 Å². The summed E-state index contributed by atoms with van der Waals surface area (Å²) in [4.78, 5) is 14.4. The number of hydrogen-bond acceptors (Lipinski definition) is 2. The van der Waals surface area contributed by atoms with Crippen LogP contribution in [0.5, 0.6) is 0 Å². The van der Waals surface area contributed by atoms with Gasteiger partial charge < -0.3 is 10.2 Å². The standard InChI is InChI=1S/C16H22F2N2O/c1-2-9-20(13-5-7-19-8-6-13)16(21)11-12-3-4-14(17)15(18)10-12/h3-4,10,13,19H,2,5-9,11H2,1H3. The van der Waals surface area contributed by atoms with Crippen LogP contribution in [0.1, 0.15) is 31.7 Å². The number of hydrogen-bond donors (Lipinski definition) is 1. The Hall–Kier alpha value is -1.49. The van der Waals surface area contributed by atoms with Gasteiger partial charge in [-0.3, -0.25) is 4.79 Å². The predicted molar refractivity (Wildman–Crippen MR) is 78.0 cm³/mol. The molecule has 1 aliphatic rings. The van der Waals surface area contributed by atoms with E-state index in [4.69, 9.17) is 0 Å². The minimum Gasteiger partial charge on any atom is -0.339 e. The molecular formula is C16H22F2N2O. The minimum absolute atomic E-state index is 0.00485. The number of carbonyl (C=O) groups excluding carboxylic acids is 1. The molecule has 1 fully saturated rings. The van der Waals surface area contributed by atoms with Crippen molar-refractivity contribution in [1.82, 2.24) is 10.2 Å². The van der Waals surface area contributed by atoms with Gasteiger partial charge >= 0.3 is 0 Å². The Bertz CT molecular complexity index is 487. The topological polar surface area (TPSA) is 32.3 Å². The van der Waals surface area contributed by atoms with E-state index in [0.29, 0.717) is 12.1 Å². The van der Waals surface area contributed by atoms with Crippen LogP contribution in [0.4, 0.5) is 8.78 Å². The Morgan fingerprint density at radius 3 is 2.62 bits per heavy atom. The van der Waals surface area contributed by atoms with Gasteiger partial charge in [0.2, 0.25) is 5.91 Å². The molecule has 0 unspecified atom stereocenters. The number of rotatable bonds is 5. The van der Waals surface area contributed by atoms with Crippen LogP contribution in [0.15, 0.2) is 18.2 Å². The van der Waals surface area contributed by atoms with E-state index in [0.717, 1.165) is 44.5 Å². The maximum Gasteiger partial charge on any atom is 0.227 e. The smallest absolute Gasteiger partial charge is 0.227 e. The van der Waals surface area contributed by atoms with E-state index < -0.39 is 11.6 Å². The lowest BCUT2D eigenvalue weighted by Crippen LogP contribution is -2.47. The molecule has 116 valence electrons. The van der Waals surface area contributed by atoms with Crippen molar-refractivity contribution in [2.45, 2.75) is 38.6 Å². The molecule has 1 N–H and O–H groups in total. The Labute approximate surface area is 124 Å². The predicted octanol–water partition coefficient (Wildman–Crippen LogP) is 2.50. The Morgan fingerprint density at radius 1 is 1.29 bits per heavy atom. The zero-order chi connectivity index (χ0) is 15.2. The summed E-state index contributed by atoms with van der Waals surface area (Å²) in [6.45, 7) is 4.60. The Morgan fingerprint density at radius 2 is 2.00 bits per heavy atom. The molecule has 5 heteroatoms. The fourth-order valence-electron chi connectivity index (χ4n) is 2.80. The molecule has 1 amide bonds. The third-order valence-corrected chi connectivity index (χ3v) is 3.87. The second kappa shape index (κ2) is 7.50. The van der Waals surface area contributed by atoms with E-state index in [1.54, 1.807) is 0 Å². The lowest BCUT2D eigenvalue weighted by Gasteiger charge is -2.34. The maximum atomic E-state index is 13.2. The van der Waals surface area contributed by atoms with Gasteiger partial charge in [-0.2, -0.15) is 0 Å². The minimum atomic E-state index is -0.899. The summed E-state index contributed by atoms with van der Waals surface area (Å²) in [5.41, 5.74) is 0.522. The molecule has 1 aromatic carbocycles. The molecule has 0 atom stereocenters. The van der Waals surface area contributed by atoms with Crippen LogP contribution in [0.25, 0.3) is 0 Å². The van der Waals surface area contributed by atoms with Gasteiger partial charge in [-0.1, -0.05) is 13.0 Å².